The molecule has 26 heavy (non-hydrogen) atoms. The average molecular weight is 364 g/mol. The molecule has 1 aliphatic heterocycles. The smallest absolute Gasteiger partial charge is 0.313 e. The molecule has 4 atom stereocenters. The zero-order valence-electron chi connectivity index (χ0n) is 14.4. The second kappa shape index (κ2) is 8.05. The normalized spacial score (nSPS) is 21.1. The van der Waals surface area contributed by atoms with Gasteiger partial charge in [-0.15, -0.1) is 0 Å². The Bertz CT molecular complexity index is 714. The Kier molecular flexibility index (Phi) is 6.04. The second-order valence-electron chi connectivity index (χ2n) is 6.32. The lowest BCUT2D eigenvalue weighted by Crippen LogP contribution is -2.65. The van der Waals surface area contributed by atoms with Gasteiger partial charge in [-0.05, 0) is 24.6 Å². The number of amides is 1. The minimum absolute atomic E-state index is 0.0701. The van der Waals surface area contributed by atoms with Crippen LogP contribution in [0.5, 0.6) is 0 Å². The summed E-state index contributed by atoms with van der Waals surface area (Å²) in [6.45, 7) is 2.96. The summed E-state index contributed by atoms with van der Waals surface area (Å²) >= 11 is 0. The number of aliphatic hydroxyl groups is 1. The van der Waals surface area contributed by atoms with Crippen molar-refractivity contribution in [2.24, 2.45) is 11.8 Å². The van der Waals surface area contributed by atoms with Crippen LogP contribution in [0.4, 0.5) is 5.69 Å². The molecule has 9 heteroatoms. The topological polar surface area (TPSA) is 136 Å². The van der Waals surface area contributed by atoms with E-state index in [0.717, 1.165) is 0 Å². The van der Waals surface area contributed by atoms with E-state index in [4.69, 9.17) is 4.74 Å². The fraction of sp³-hybridized carbons (Fsp3) is 0.471. The number of hydrogen-bond donors (Lipinski definition) is 2. The number of carbonyl (C=O) groups is 3. The van der Waals surface area contributed by atoms with E-state index in [-0.39, 0.29) is 18.2 Å². The van der Waals surface area contributed by atoms with Crippen LogP contribution >= 0.6 is 0 Å². The van der Waals surface area contributed by atoms with Gasteiger partial charge >= 0.3 is 5.97 Å². The van der Waals surface area contributed by atoms with E-state index < -0.39 is 47.1 Å². The van der Waals surface area contributed by atoms with Gasteiger partial charge < -0.3 is 15.2 Å². The molecule has 2 rings (SSSR count). The average Bonchev–Trinajstić information content (AvgIpc) is 2.56. The second-order valence-corrected chi connectivity index (χ2v) is 6.32. The van der Waals surface area contributed by atoms with E-state index in [9.17, 15) is 29.6 Å². The van der Waals surface area contributed by atoms with Crippen LogP contribution in [0, 0.1) is 22.0 Å². The molecule has 0 aliphatic carbocycles. The fourth-order valence-electron chi connectivity index (χ4n) is 2.80. The summed E-state index contributed by atoms with van der Waals surface area (Å²) in [6, 6.07) is 5.02. The molecule has 1 amide bonds. The number of ether oxygens (including phenoxy) is 1. The van der Waals surface area contributed by atoms with Crippen molar-refractivity contribution < 1.29 is 29.2 Å². The summed E-state index contributed by atoms with van der Waals surface area (Å²) in [4.78, 5) is 45.5. The number of ketones is 1. The number of nitro groups is 1. The van der Waals surface area contributed by atoms with Gasteiger partial charge in [-0.2, -0.15) is 0 Å². The first kappa shape index (κ1) is 19.5. The summed E-state index contributed by atoms with van der Waals surface area (Å²) in [5, 5.41) is 22.7. The highest BCUT2D eigenvalue weighted by atomic mass is 16.6. The number of benzene rings is 1. The van der Waals surface area contributed by atoms with Crippen LogP contribution in [0.25, 0.3) is 0 Å². The molecule has 2 N–H and O–H groups in total. The van der Waals surface area contributed by atoms with Crippen LogP contribution in [0.2, 0.25) is 0 Å². The van der Waals surface area contributed by atoms with Crippen molar-refractivity contribution >= 4 is 23.3 Å². The maximum absolute atomic E-state index is 12.2. The molecule has 0 saturated carbocycles. The van der Waals surface area contributed by atoms with Crippen LogP contribution in [0.3, 0.4) is 0 Å². The van der Waals surface area contributed by atoms with Crippen molar-refractivity contribution in [3.63, 3.8) is 0 Å². The number of nitro benzene ring substituents is 1. The minimum atomic E-state index is -0.877. The molecule has 1 aliphatic rings. The molecular weight excluding hydrogens is 344 g/mol. The Morgan fingerprint density at radius 1 is 1.31 bits per heavy atom. The predicted octanol–water partition coefficient (Wildman–Crippen LogP) is 0.729. The van der Waals surface area contributed by atoms with Crippen LogP contribution < -0.4 is 5.32 Å². The standard InChI is InChI=1S/C17H20N2O7/c1-9(16-15(10(2)20)17(23)18-16)13(21)7-14(22)26-8-11-3-5-12(6-4-11)19(24)25/h3-6,9-10,15-16,20H,7-8H2,1-2H3,(H,18,23)/t9-,10+,15-,16-/m0/s1. The van der Waals surface area contributed by atoms with Crippen LogP contribution in [-0.4, -0.2) is 39.8 Å². The number of Topliss-reactive ketones (excluding diaryl/α,β-unsaturated/α-hetero) is 1. The first-order valence-electron chi connectivity index (χ1n) is 8.10. The summed E-state index contributed by atoms with van der Waals surface area (Å²) in [7, 11) is 0. The van der Waals surface area contributed by atoms with Gasteiger partial charge in [-0.25, -0.2) is 0 Å². The van der Waals surface area contributed by atoms with Crippen LogP contribution in [-0.2, 0) is 25.7 Å². The van der Waals surface area contributed by atoms with E-state index in [1.54, 1.807) is 6.92 Å². The predicted molar refractivity (Wildman–Crippen MR) is 88.8 cm³/mol. The fourth-order valence-corrected chi connectivity index (χ4v) is 2.80. The third kappa shape index (κ3) is 4.42. The molecule has 9 nitrogen and oxygen atoms in total. The number of β-lactam (4-membered cyclic amide) rings is 1. The lowest BCUT2D eigenvalue weighted by atomic mass is 9.77. The van der Waals surface area contributed by atoms with Gasteiger partial charge in [-0.3, -0.25) is 24.5 Å². The van der Waals surface area contributed by atoms with E-state index in [2.05, 4.69) is 5.32 Å². The van der Waals surface area contributed by atoms with Gasteiger partial charge in [0.1, 0.15) is 18.8 Å². The maximum Gasteiger partial charge on any atom is 0.313 e. The molecule has 1 saturated heterocycles. The van der Waals surface area contributed by atoms with E-state index in [0.29, 0.717) is 5.56 Å². The van der Waals surface area contributed by atoms with E-state index in [1.807, 2.05) is 0 Å². The molecule has 1 fully saturated rings. The molecule has 0 spiro atoms. The van der Waals surface area contributed by atoms with Crippen LogP contribution in [0.15, 0.2) is 24.3 Å². The highest BCUT2D eigenvalue weighted by molar-refractivity contribution is 5.98. The van der Waals surface area contributed by atoms with Crippen molar-refractivity contribution in [2.75, 3.05) is 0 Å². The first-order chi connectivity index (χ1) is 12.2. The molecule has 0 radical (unpaired) electrons. The number of aliphatic hydroxyl groups excluding tert-OH is 1. The third-order valence-electron chi connectivity index (χ3n) is 4.43. The number of nitrogens with one attached hydrogen (secondary N) is 1. The van der Waals surface area contributed by atoms with Crippen molar-refractivity contribution in [3.8, 4) is 0 Å². The SMILES string of the molecule is C[C@@H](O)[C@@H]1C(=O)N[C@H]1[C@@H](C)C(=O)CC(=O)OCc1ccc([N+](=O)[O-])cc1. The molecule has 1 aromatic rings. The highest BCUT2D eigenvalue weighted by Gasteiger charge is 2.47. The third-order valence-corrected chi connectivity index (χ3v) is 4.43. The van der Waals surface area contributed by atoms with Gasteiger partial charge in [0.2, 0.25) is 5.91 Å². The molecule has 1 heterocycles. The van der Waals surface area contributed by atoms with Crippen molar-refractivity contribution in [1.29, 1.82) is 0 Å². The lowest BCUT2D eigenvalue weighted by molar-refractivity contribution is -0.384. The zero-order chi connectivity index (χ0) is 19.4. The van der Waals surface area contributed by atoms with Crippen molar-refractivity contribution in [2.45, 2.75) is 39.0 Å². The molecule has 0 bridgehead atoms. The Hall–Kier alpha value is -2.81. The summed E-state index contributed by atoms with van der Waals surface area (Å²) in [5.74, 6) is -2.72. The summed E-state index contributed by atoms with van der Waals surface area (Å²) in [5.41, 5.74) is 0.490. The molecule has 1 aromatic carbocycles. The van der Waals surface area contributed by atoms with Gasteiger partial charge in [0.25, 0.3) is 5.69 Å². The van der Waals surface area contributed by atoms with E-state index >= 15 is 0 Å². The Balaban J connectivity index is 1.82. The number of esters is 1. The summed E-state index contributed by atoms with van der Waals surface area (Å²) in [6.07, 6.45) is -1.33. The molecule has 0 unspecified atom stereocenters. The number of nitrogens with zero attached hydrogens (tertiary/aromatic N) is 1. The lowest BCUT2D eigenvalue weighted by Gasteiger charge is -2.41. The minimum Gasteiger partial charge on any atom is -0.460 e. The monoisotopic (exact) mass is 364 g/mol. The first-order valence-corrected chi connectivity index (χ1v) is 8.10. The molecule has 0 aromatic heterocycles. The number of carbonyl (C=O) groups excluding carboxylic acids is 3. The summed E-state index contributed by atoms with van der Waals surface area (Å²) < 4.78 is 5.01. The highest BCUT2D eigenvalue weighted by Crippen LogP contribution is 2.26. The van der Waals surface area contributed by atoms with Gasteiger partial charge in [-0.1, -0.05) is 6.92 Å². The number of hydrogen-bond acceptors (Lipinski definition) is 7. The quantitative estimate of drug-likeness (QED) is 0.228. The van der Waals surface area contributed by atoms with E-state index in [1.165, 1.54) is 31.2 Å². The molecular formula is C17H20N2O7. The Morgan fingerprint density at radius 3 is 2.42 bits per heavy atom. The van der Waals surface area contributed by atoms with Gasteiger partial charge in [0.15, 0.2) is 0 Å². The Labute approximate surface area is 149 Å². The molecule has 140 valence electrons. The number of non-ortho nitro benzene ring substituents is 1. The Morgan fingerprint density at radius 2 is 1.92 bits per heavy atom. The van der Waals surface area contributed by atoms with Gasteiger partial charge in [0.05, 0.1) is 23.0 Å². The largest absolute Gasteiger partial charge is 0.460 e. The zero-order valence-corrected chi connectivity index (χ0v) is 14.4. The van der Waals surface area contributed by atoms with Gasteiger partial charge in [0, 0.05) is 18.1 Å². The number of rotatable bonds is 8. The maximum atomic E-state index is 12.2. The van der Waals surface area contributed by atoms with Crippen molar-refractivity contribution in [3.05, 3.63) is 39.9 Å². The van der Waals surface area contributed by atoms with Crippen molar-refractivity contribution in [1.82, 2.24) is 5.32 Å². The van der Waals surface area contributed by atoms with Crippen LogP contribution in [0.1, 0.15) is 25.8 Å².